The van der Waals surface area contributed by atoms with Gasteiger partial charge in [-0.05, 0) is 6.54 Å². The average Bonchev–Trinajstić information content (AvgIpc) is 2.37. The lowest BCUT2D eigenvalue weighted by Gasteiger charge is -1.93. The molecule has 5 heteroatoms. The molecule has 0 amide bonds. The zero-order valence-corrected chi connectivity index (χ0v) is 6.12. The number of nitrogens with two attached hydrogens (primary N) is 2. The number of nitrogens with zero attached hydrogens (tertiary/aromatic N) is 2. The van der Waals surface area contributed by atoms with E-state index in [0.29, 0.717) is 6.54 Å². The smallest absolute Gasteiger partial charge is 0.197 e. The summed E-state index contributed by atoms with van der Waals surface area (Å²) < 4.78 is 1.45. The summed E-state index contributed by atoms with van der Waals surface area (Å²) in [6, 6.07) is 0. The summed E-state index contributed by atoms with van der Waals surface area (Å²) in [5.74, 6) is -0.0271. The van der Waals surface area contributed by atoms with Crippen LogP contribution in [0.1, 0.15) is 5.69 Å². The number of aromatic nitrogens is 2. The van der Waals surface area contributed by atoms with Crippen LogP contribution in [0.5, 0.6) is 0 Å². The van der Waals surface area contributed by atoms with Crippen molar-refractivity contribution in [3.8, 4) is 0 Å². The Bertz CT molecular complexity index is 251. The fourth-order valence-electron chi connectivity index (χ4n) is 0.772. The quantitative estimate of drug-likeness (QED) is 0.380. The van der Waals surface area contributed by atoms with E-state index in [2.05, 4.69) is 4.98 Å². The van der Waals surface area contributed by atoms with Crippen molar-refractivity contribution >= 4 is 5.96 Å². The molecule has 0 aliphatic heterocycles. The molecule has 0 saturated heterocycles. The first kappa shape index (κ1) is 7.74. The van der Waals surface area contributed by atoms with Gasteiger partial charge in [0.1, 0.15) is 6.33 Å². The van der Waals surface area contributed by atoms with Crippen LogP contribution < -0.4 is 11.5 Å². The van der Waals surface area contributed by atoms with Crippen LogP contribution in [0.2, 0.25) is 0 Å². The van der Waals surface area contributed by atoms with Crippen LogP contribution in [0.4, 0.5) is 0 Å². The van der Waals surface area contributed by atoms with E-state index in [4.69, 9.17) is 16.9 Å². The van der Waals surface area contributed by atoms with Gasteiger partial charge in [0.05, 0.1) is 5.69 Å². The maximum atomic E-state index is 7.05. The minimum Gasteiger partial charge on any atom is -0.369 e. The number of hydrogen-bond acceptors (Lipinski definition) is 3. The lowest BCUT2D eigenvalue weighted by atomic mass is 10.3. The summed E-state index contributed by atoms with van der Waals surface area (Å²) in [6.07, 6.45) is 3.93. The Morgan fingerprint density at radius 1 is 1.73 bits per heavy atom. The molecule has 0 fully saturated rings. The molecule has 0 radical (unpaired) electrons. The fourth-order valence-corrected chi connectivity index (χ4v) is 0.772. The number of nitrogens with one attached hydrogen (secondary N) is 1. The van der Waals surface area contributed by atoms with E-state index in [1.54, 1.807) is 6.20 Å². The molecule has 0 atom stereocenters. The van der Waals surface area contributed by atoms with Crippen molar-refractivity contribution in [2.75, 3.05) is 6.54 Å². The third kappa shape index (κ3) is 1.78. The summed E-state index contributed by atoms with van der Waals surface area (Å²) in [6.45, 7) is 0.564. The SMILES string of the molecule is N=C(N)n1cnc(CCN)c1. The number of nitrogen functional groups attached to an aromatic ring is 1. The van der Waals surface area contributed by atoms with Crippen LogP contribution in [0.25, 0.3) is 0 Å². The van der Waals surface area contributed by atoms with E-state index in [1.807, 2.05) is 0 Å². The summed E-state index contributed by atoms with van der Waals surface area (Å²) in [7, 11) is 0. The minimum absolute atomic E-state index is 0.0271. The molecular formula is C6H11N5. The van der Waals surface area contributed by atoms with Crippen LogP contribution in [-0.2, 0) is 6.42 Å². The van der Waals surface area contributed by atoms with Gasteiger partial charge in [-0.15, -0.1) is 0 Å². The average molecular weight is 153 g/mol. The first-order valence-electron chi connectivity index (χ1n) is 3.31. The second kappa shape index (κ2) is 3.16. The van der Waals surface area contributed by atoms with Crippen molar-refractivity contribution in [3.05, 3.63) is 18.2 Å². The second-order valence-corrected chi connectivity index (χ2v) is 2.20. The molecular weight excluding hydrogens is 142 g/mol. The van der Waals surface area contributed by atoms with Crippen LogP contribution in [0.15, 0.2) is 12.5 Å². The highest BCUT2D eigenvalue weighted by Gasteiger charge is 1.97. The van der Waals surface area contributed by atoms with Crippen LogP contribution >= 0.6 is 0 Å². The molecule has 1 heterocycles. The molecule has 1 aromatic heterocycles. The highest BCUT2D eigenvalue weighted by molar-refractivity contribution is 5.76. The summed E-state index contributed by atoms with van der Waals surface area (Å²) in [4.78, 5) is 3.99. The molecule has 0 aliphatic carbocycles. The van der Waals surface area contributed by atoms with Crippen molar-refractivity contribution in [1.29, 1.82) is 5.41 Å². The predicted molar refractivity (Wildman–Crippen MR) is 42.3 cm³/mol. The van der Waals surface area contributed by atoms with Gasteiger partial charge in [0.15, 0.2) is 5.96 Å². The highest BCUT2D eigenvalue weighted by atomic mass is 15.1. The van der Waals surface area contributed by atoms with Crippen molar-refractivity contribution in [1.82, 2.24) is 9.55 Å². The molecule has 11 heavy (non-hydrogen) atoms. The third-order valence-corrected chi connectivity index (χ3v) is 1.31. The Labute approximate surface area is 64.5 Å². The molecule has 1 rings (SSSR count). The molecule has 0 aliphatic rings. The maximum absolute atomic E-state index is 7.05. The van der Waals surface area contributed by atoms with E-state index >= 15 is 0 Å². The van der Waals surface area contributed by atoms with Gasteiger partial charge >= 0.3 is 0 Å². The van der Waals surface area contributed by atoms with Gasteiger partial charge < -0.3 is 11.5 Å². The zero-order chi connectivity index (χ0) is 8.27. The Balaban J connectivity index is 2.73. The molecule has 0 bridgehead atoms. The number of rotatable bonds is 2. The normalized spacial score (nSPS) is 9.91. The first-order chi connectivity index (χ1) is 5.24. The Hall–Kier alpha value is -1.36. The highest BCUT2D eigenvalue weighted by Crippen LogP contribution is 1.94. The van der Waals surface area contributed by atoms with Gasteiger partial charge in [0.2, 0.25) is 0 Å². The Kier molecular flexibility index (Phi) is 2.22. The van der Waals surface area contributed by atoms with Gasteiger partial charge in [-0.25, -0.2) is 4.98 Å². The van der Waals surface area contributed by atoms with E-state index in [0.717, 1.165) is 12.1 Å². The molecule has 1 aromatic rings. The fraction of sp³-hybridized carbons (Fsp3) is 0.333. The van der Waals surface area contributed by atoms with E-state index < -0.39 is 0 Å². The molecule has 0 aromatic carbocycles. The van der Waals surface area contributed by atoms with Gasteiger partial charge in [-0.3, -0.25) is 9.98 Å². The molecule has 0 saturated carbocycles. The maximum Gasteiger partial charge on any atom is 0.197 e. The van der Waals surface area contributed by atoms with E-state index in [-0.39, 0.29) is 5.96 Å². The van der Waals surface area contributed by atoms with Crippen molar-refractivity contribution < 1.29 is 0 Å². The zero-order valence-electron chi connectivity index (χ0n) is 6.12. The molecule has 60 valence electrons. The monoisotopic (exact) mass is 153 g/mol. The van der Waals surface area contributed by atoms with Crippen molar-refractivity contribution in [2.45, 2.75) is 6.42 Å². The van der Waals surface area contributed by atoms with Crippen LogP contribution in [-0.4, -0.2) is 22.1 Å². The van der Waals surface area contributed by atoms with Crippen molar-refractivity contribution in [3.63, 3.8) is 0 Å². The van der Waals surface area contributed by atoms with Gasteiger partial charge in [-0.2, -0.15) is 0 Å². The topological polar surface area (TPSA) is 93.7 Å². The third-order valence-electron chi connectivity index (χ3n) is 1.31. The van der Waals surface area contributed by atoms with Gasteiger partial charge in [-0.1, -0.05) is 0 Å². The lowest BCUT2D eigenvalue weighted by molar-refractivity contribution is 0.934. The van der Waals surface area contributed by atoms with Gasteiger partial charge in [0, 0.05) is 12.6 Å². The van der Waals surface area contributed by atoms with Crippen molar-refractivity contribution in [2.24, 2.45) is 11.5 Å². The van der Waals surface area contributed by atoms with E-state index in [1.165, 1.54) is 10.9 Å². The molecule has 0 spiro atoms. The first-order valence-corrected chi connectivity index (χ1v) is 3.31. The van der Waals surface area contributed by atoms with E-state index in [9.17, 15) is 0 Å². The number of imidazole rings is 1. The minimum atomic E-state index is -0.0271. The van der Waals surface area contributed by atoms with Gasteiger partial charge in [0.25, 0.3) is 0 Å². The molecule has 0 unspecified atom stereocenters. The lowest BCUT2D eigenvalue weighted by Crippen LogP contribution is -2.18. The predicted octanol–water partition coefficient (Wildman–Crippen LogP) is -0.874. The second-order valence-electron chi connectivity index (χ2n) is 2.20. The Morgan fingerprint density at radius 2 is 2.45 bits per heavy atom. The Morgan fingerprint density at radius 3 is 2.91 bits per heavy atom. The molecule has 5 nitrogen and oxygen atoms in total. The number of hydrogen-bond donors (Lipinski definition) is 3. The summed E-state index contributed by atoms with van der Waals surface area (Å²) >= 11 is 0. The van der Waals surface area contributed by atoms with Crippen LogP contribution in [0.3, 0.4) is 0 Å². The molecule has 5 N–H and O–H groups in total. The van der Waals surface area contributed by atoms with Crippen LogP contribution in [0, 0.1) is 5.41 Å². The largest absolute Gasteiger partial charge is 0.369 e. The standard InChI is InChI=1S/C6H11N5/c7-2-1-5-3-11(4-10-5)6(8)9/h3-4H,1-2,7H2,(H3,8,9). The summed E-state index contributed by atoms with van der Waals surface area (Å²) in [5.41, 5.74) is 11.4. The summed E-state index contributed by atoms with van der Waals surface area (Å²) in [5, 5.41) is 7.05.